The van der Waals surface area contributed by atoms with E-state index in [0.29, 0.717) is 24.0 Å². The fraction of sp³-hybridized carbons (Fsp3) is 0.800. The van der Waals surface area contributed by atoms with Gasteiger partial charge in [-0.2, -0.15) is 0 Å². The van der Waals surface area contributed by atoms with E-state index >= 15 is 0 Å². The number of methoxy groups -OCH3 is 1. The lowest BCUT2D eigenvalue weighted by molar-refractivity contribution is -0.141. The molecule has 1 atom stereocenters. The van der Waals surface area contributed by atoms with Crippen LogP contribution in [0.3, 0.4) is 0 Å². The minimum absolute atomic E-state index is 0.0317. The van der Waals surface area contributed by atoms with E-state index in [-0.39, 0.29) is 5.91 Å². The second kappa shape index (κ2) is 8.41. The van der Waals surface area contributed by atoms with Crippen LogP contribution in [0.2, 0.25) is 0 Å². The monoisotopic (exact) mass is 248 g/mol. The average Bonchev–Trinajstić information content (AvgIpc) is 2.24. The predicted molar refractivity (Wildman–Crippen MR) is 65.2 cm³/mol. The Morgan fingerprint density at radius 2 is 2.06 bits per heavy atom. The van der Waals surface area contributed by atoms with Gasteiger partial charge in [-0.15, -0.1) is 11.8 Å². The highest BCUT2D eigenvalue weighted by molar-refractivity contribution is 8.00. The van der Waals surface area contributed by atoms with E-state index in [9.17, 15) is 9.59 Å². The molecule has 0 aromatic rings. The van der Waals surface area contributed by atoms with Crippen LogP contribution in [0.1, 0.15) is 13.8 Å². The van der Waals surface area contributed by atoms with Crippen LogP contribution in [0.4, 0.5) is 0 Å². The molecule has 3 N–H and O–H groups in total. The zero-order chi connectivity index (χ0) is 12.6. The Kier molecular flexibility index (Phi) is 8.01. The van der Waals surface area contributed by atoms with Crippen LogP contribution in [0.5, 0.6) is 0 Å². The van der Waals surface area contributed by atoms with Crippen molar-refractivity contribution in [1.82, 2.24) is 5.32 Å². The molecule has 0 aliphatic rings. The maximum Gasteiger partial charge on any atom is 0.323 e. The van der Waals surface area contributed by atoms with Crippen molar-refractivity contribution in [2.24, 2.45) is 11.7 Å². The van der Waals surface area contributed by atoms with Crippen molar-refractivity contribution >= 4 is 23.6 Å². The molecule has 0 aliphatic carbocycles. The third-order valence-electron chi connectivity index (χ3n) is 1.74. The molecule has 1 unspecified atom stereocenters. The number of carbonyl (C=O) groups is 2. The SMILES string of the molecule is COC(=O)C(N)CSCC(=O)NCC(C)C. The fourth-order valence-electron chi connectivity index (χ4n) is 0.867. The number of ether oxygens (including phenoxy) is 1. The molecular formula is C10H20N2O3S. The van der Waals surface area contributed by atoms with Crippen molar-refractivity contribution in [3.63, 3.8) is 0 Å². The molecule has 94 valence electrons. The van der Waals surface area contributed by atoms with E-state index < -0.39 is 12.0 Å². The number of nitrogens with one attached hydrogen (secondary N) is 1. The molecule has 16 heavy (non-hydrogen) atoms. The first-order chi connectivity index (χ1) is 7.47. The highest BCUT2D eigenvalue weighted by atomic mass is 32.2. The van der Waals surface area contributed by atoms with Crippen LogP contribution < -0.4 is 11.1 Å². The van der Waals surface area contributed by atoms with Crippen molar-refractivity contribution in [2.75, 3.05) is 25.2 Å². The molecular weight excluding hydrogens is 228 g/mol. The van der Waals surface area contributed by atoms with E-state index in [1.165, 1.54) is 18.9 Å². The minimum Gasteiger partial charge on any atom is -0.468 e. The van der Waals surface area contributed by atoms with Gasteiger partial charge in [0, 0.05) is 12.3 Å². The second-order valence-corrected chi connectivity index (χ2v) is 4.87. The number of carbonyl (C=O) groups excluding carboxylic acids is 2. The van der Waals surface area contributed by atoms with E-state index in [0.717, 1.165) is 0 Å². The summed E-state index contributed by atoms with van der Waals surface area (Å²) in [5, 5.41) is 2.78. The fourth-order valence-corrected chi connectivity index (χ4v) is 1.66. The van der Waals surface area contributed by atoms with Gasteiger partial charge in [0.05, 0.1) is 12.9 Å². The normalized spacial score (nSPS) is 12.3. The molecule has 0 spiro atoms. The average molecular weight is 248 g/mol. The molecule has 0 aromatic carbocycles. The van der Waals surface area contributed by atoms with Gasteiger partial charge in [0.1, 0.15) is 6.04 Å². The number of esters is 1. The Labute approximate surface area is 100 Å². The van der Waals surface area contributed by atoms with Crippen molar-refractivity contribution < 1.29 is 14.3 Å². The van der Waals surface area contributed by atoms with Gasteiger partial charge in [-0.05, 0) is 5.92 Å². The predicted octanol–water partition coefficient (Wildman–Crippen LogP) is -0.00790. The highest BCUT2D eigenvalue weighted by Crippen LogP contribution is 2.02. The topological polar surface area (TPSA) is 81.4 Å². The van der Waals surface area contributed by atoms with Crippen LogP contribution in [0.25, 0.3) is 0 Å². The number of amides is 1. The summed E-state index contributed by atoms with van der Waals surface area (Å²) in [7, 11) is 1.29. The van der Waals surface area contributed by atoms with Crippen molar-refractivity contribution in [3.05, 3.63) is 0 Å². The van der Waals surface area contributed by atoms with Crippen molar-refractivity contribution in [2.45, 2.75) is 19.9 Å². The van der Waals surface area contributed by atoms with Crippen molar-refractivity contribution in [1.29, 1.82) is 0 Å². The lowest BCUT2D eigenvalue weighted by Gasteiger charge is -2.09. The van der Waals surface area contributed by atoms with Gasteiger partial charge in [0.25, 0.3) is 0 Å². The van der Waals surface area contributed by atoms with Gasteiger partial charge in [0.2, 0.25) is 5.91 Å². The summed E-state index contributed by atoms with van der Waals surface area (Å²) in [5.41, 5.74) is 5.51. The van der Waals surface area contributed by atoms with Crippen LogP contribution >= 0.6 is 11.8 Å². The Morgan fingerprint density at radius 1 is 1.44 bits per heavy atom. The number of thioether (sulfide) groups is 1. The molecule has 0 heterocycles. The van der Waals surface area contributed by atoms with Crippen LogP contribution in [0.15, 0.2) is 0 Å². The number of nitrogens with two attached hydrogens (primary N) is 1. The standard InChI is InChI=1S/C10H20N2O3S/c1-7(2)4-12-9(13)6-16-5-8(11)10(14)15-3/h7-8H,4-6,11H2,1-3H3,(H,12,13). The van der Waals surface area contributed by atoms with E-state index in [1.807, 2.05) is 13.8 Å². The molecule has 6 heteroatoms. The van der Waals surface area contributed by atoms with Gasteiger partial charge in [0.15, 0.2) is 0 Å². The van der Waals surface area contributed by atoms with Gasteiger partial charge >= 0.3 is 5.97 Å². The smallest absolute Gasteiger partial charge is 0.323 e. The Balaban J connectivity index is 3.58. The van der Waals surface area contributed by atoms with Gasteiger partial charge < -0.3 is 15.8 Å². The van der Waals surface area contributed by atoms with E-state index in [1.54, 1.807) is 0 Å². The largest absolute Gasteiger partial charge is 0.468 e. The molecule has 0 bridgehead atoms. The summed E-state index contributed by atoms with van der Waals surface area (Å²) in [5.74, 6) is 0.663. The van der Waals surface area contributed by atoms with Gasteiger partial charge in [-0.1, -0.05) is 13.8 Å². The highest BCUT2D eigenvalue weighted by Gasteiger charge is 2.14. The first-order valence-electron chi connectivity index (χ1n) is 5.15. The maximum absolute atomic E-state index is 11.3. The first kappa shape index (κ1) is 15.2. The number of hydrogen-bond acceptors (Lipinski definition) is 5. The Hall–Kier alpha value is -0.750. The van der Waals surface area contributed by atoms with Crippen LogP contribution in [0, 0.1) is 5.92 Å². The molecule has 0 rings (SSSR count). The third-order valence-corrected chi connectivity index (χ3v) is 2.80. The lowest BCUT2D eigenvalue weighted by Crippen LogP contribution is -2.35. The van der Waals surface area contributed by atoms with E-state index in [4.69, 9.17) is 5.73 Å². The van der Waals surface area contributed by atoms with Crippen LogP contribution in [-0.4, -0.2) is 43.1 Å². The first-order valence-corrected chi connectivity index (χ1v) is 6.30. The zero-order valence-corrected chi connectivity index (χ0v) is 10.8. The molecule has 0 radical (unpaired) electrons. The summed E-state index contributed by atoms with van der Waals surface area (Å²) in [6.07, 6.45) is 0. The summed E-state index contributed by atoms with van der Waals surface area (Å²) in [6, 6.07) is -0.659. The minimum atomic E-state index is -0.659. The molecule has 0 aromatic heterocycles. The second-order valence-electron chi connectivity index (χ2n) is 3.84. The molecule has 0 saturated carbocycles. The summed E-state index contributed by atoms with van der Waals surface area (Å²) in [4.78, 5) is 22.2. The molecule has 0 aliphatic heterocycles. The maximum atomic E-state index is 11.3. The van der Waals surface area contributed by atoms with Crippen molar-refractivity contribution in [3.8, 4) is 0 Å². The molecule has 5 nitrogen and oxygen atoms in total. The van der Waals surface area contributed by atoms with Gasteiger partial charge in [-0.25, -0.2) is 0 Å². The summed E-state index contributed by atoms with van der Waals surface area (Å²) in [6.45, 7) is 4.73. The van der Waals surface area contributed by atoms with Crippen LogP contribution in [-0.2, 0) is 14.3 Å². The molecule has 0 fully saturated rings. The zero-order valence-electron chi connectivity index (χ0n) is 9.99. The number of hydrogen-bond donors (Lipinski definition) is 2. The van der Waals surface area contributed by atoms with Gasteiger partial charge in [-0.3, -0.25) is 9.59 Å². The lowest BCUT2D eigenvalue weighted by atomic mass is 10.2. The molecule has 1 amide bonds. The summed E-state index contributed by atoms with van der Waals surface area (Å²) < 4.78 is 4.47. The Morgan fingerprint density at radius 3 is 2.56 bits per heavy atom. The third kappa shape index (κ3) is 7.53. The Bertz CT molecular complexity index is 234. The summed E-state index contributed by atoms with van der Waals surface area (Å²) >= 11 is 1.33. The quantitative estimate of drug-likeness (QED) is 0.619. The number of rotatable bonds is 7. The molecule has 0 saturated heterocycles. The van der Waals surface area contributed by atoms with E-state index in [2.05, 4.69) is 10.1 Å².